The number of hydrogen-bond donors (Lipinski definition) is 1. The van der Waals surface area contributed by atoms with E-state index < -0.39 is 5.76 Å². The van der Waals surface area contributed by atoms with Gasteiger partial charge >= 0.3 is 0 Å². The zero-order valence-corrected chi connectivity index (χ0v) is 11.7. The fourth-order valence-electron chi connectivity index (χ4n) is 1.89. The average Bonchev–Trinajstić information content (AvgIpc) is 2.83. The van der Waals surface area contributed by atoms with E-state index >= 15 is 0 Å². The Morgan fingerprint density at radius 3 is 2.78 bits per heavy atom. The first-order chi connectivity index (χ1) is 8.74. The highest BCUT2D eigenvalue weighted by Crippen LogP contribution is 2.22. The number of hydrogen-bond acceptors (Lipinski definition) is 4. The Kier molecular flexibility index (Phi) is 5.85. The third kappa shape index (κ3) is 4.82. The van der Waals surface area contributed by atoms with Crippen molar-refractivity contribution in [3.8, 4) is 0 Å². The maximum atomic E-state index is 12.0. The van der Waals surface area contributed by atoms with Crippen LogP contribution < -0.4 is 5.32 Å². The Morgan fingerprint density at radius 2 is 2.06 bits per heavy atom. The van der Waals surface area contributed by atoms with Gasteiger partial charge in [0.05, 0.1) is 12.3 Å². The monoisotopic (exact) mass is 293 g/mol. The van der Waals surface area contributed by atoms with Gasteiger partial charge in [0, 0.05) is 6.04 Å². The molecule has 0 unspecified atom stereocenters. The average molecular weight is 293 g/mol. The molecule has 0 bridgehead atoms. The zero-order chi connectivity index (χ0) is 12.8. The lowest BCUT2D eigenvalue weighted by molar-refractivity contribution is 0.251. The number of rotatable bonds is 6. The van der Waals surface area contributed by atoms with Crippen LogP contribution >= 0.6 is 23.5 Å². The number of alkyl halides is 2. The molecule has 0 amide bonds. The van der Waals surface area contributed by atoms with Crippen molar-refractivity contribution >= 4 is 23.5 Å². The van der Waals surface area contributed by atoms with Crippen LogP contribution in [0.2, 0.25) is 0 Å². The van der Waals surface area contributed by atoms with E-state index in [0.29, 0.717) is 30.1 Å². The van der Waals surface area contributed by atoms with Crippen LogP contribution in [0.1, 0.15) is 24.4 Å². The maximum absolute atomic E-state index is 12.0. The summed E-state index contributed by atoms with van der Waals surface area (Å²) in [5.74, 6) is 1.78. The minimum Gasteiger partial charge on any atom is -0.464 e. The Morgan fingerprint density at radius 1 is 1.33 bits per heavy atom. The lowest BCUT2D eigenvalue weighted by Gasteiger charge is -2.21. The first-order valence-electron chi connectivity index (χ1n) is 6.02. The minimum atomic E-state index is -2.34. The van der Waals surface area contributed by atoms with E-state index in [-0.39, 0.29) is 5.75 Å². The molecular formula is C12H17F2NOS2. The van der Waals surface area contributed by atoms with Gasteiger partial charge in [0.15, 0.2) is 0 Å². The molecular weight excluding hydrogens is 276 g/mol. The molecule has 0 spiro atoms. The van der Waals surface area contributed by atoms with E-state index in [9.17, 15) is 8.78 Å². The van der Waals surface area contributed by atoms with Crippen molar-refractivity contribution in [2.45, 2.75) is 36.9 Å². The van der Waals surface area contributed by atoms with Crippen molar-refractivity contribution in [3.05, 3.63) is 23.7 Å². The molecule has 1 aliphatic rings. The van der Waals surface area contributed by atoms with E-state index in [1.165, 1.54) is 24.3 Å². The third-order valence-corrected chi connectivity index (χ3v) is 4.61. The van der Waals surface area contributed by atoms with Gasteiger partial charge in [-0.3, -0.25) is 0 Å². The summed E-state index contributed by atoms with van der Waals surface area (Å²) < 4.78 is 29.6. The van der Waals surface area contributed by atoms with Gasteiger partial charge in [-0.05, 0) is 36.5 Å². The van der Waals surface area contributed by atoms with Crippen LogP contribution in [-0.4, -0.2) is 23.3 Å². The van der Waals surface area contributed by atoms with E-state index in [1.807, 2.05) is 17.8 Å². The highest BCUT2D eigenvalue weighted by Gasteiger charge is 2.13. The van der Waals surface area contributed by atoms with Gasteiger partial charge in [0.1, 0.15) is 11.5 Å². The summed E-state index contributed by atoms with van der Waals surface area (Å²) in [5.41, 5.74) is 0. The van der Waals surface area contributed by atoms with E-state index in [4.69, 9.17) is 4.42 Å². The lowest BCUT2D eigenvalue weighted by atomic mass is 10.1. The van der Waals surface area contributed by atoms with Gasteiger partial charge in [-0.15, -0.1) is 0 Å². The molecule has 2 nitrogen and oxygen atoms in total. The largest absolute Gasteiger partial charge is 0.464 e. The predicted octanol–water partition coefficient (Wildman–Crippen LogP) is 3.72. The van der Waals surface area contributed by atoms with E-state index in [2.05, 4.69) is 5.32 Å². The molecule has 1 fully saturated rings. The van der Waals surface area contributed by atoms with Crippen molar-refractivity contribution < 1.29 is 13.2 Å². The summed E-state index contributed by atoms with van der Waals surface area (Å²) in [7, 11) is 0. The van der Waals surface area contributed by atoms with Crippen LogP contribution in [0, 0.1) is 0 Å². The topological polar surface area (TPSA) is 25.2 Å². The molecule has 0 aliphatic carbocycles. The van der Waals surface area contributed by atoms with Crippen molar-refractivity contribution in [1.82, 2.24) is 5.32 Å². The van der Waals surface area contributed by atoms with Crippen LogP contribution in [0.4, 0.5) is 8.78 Å². The quantitative estimate of drug-likeness (QED) is 0.864. The summed E-state index contributed by atoms with van der Waals surface area (Å²) in [6.07, 6.45) is 2.39. The molecule has 2 rings (SSSR count). The lowest BCUT2D eigenvalue weighted by Crippen LogP contribution is -2.31. The minimum absolute atomic E-state index is 0.234. The van der Waals surface area contributed by atoms with E-state index in [1.54, 1.807) is 6.07 Å². The Hall–Kier alpha value is -0.200. The second kappa shape index (κ2) is 7.40. The summed E-state index contributed by atoms with van der Waals surface area (Å²) in [4.78, 5) is 0. The molecule has 1 aromatic heterocycles. The predicted molar refractivity (Wildman–Crippen MR) is 73.2 cm³/mol. The van der Waals surface area contributed by atoms with Crippen molar-refractivity contribution in [1.29, 1.82) is 0 Å². The molecule has 1 aromatic rings. The van der Waals surface area contributed by atoms with Crippen LogP contribution in [0.25, 0.3) is 0 Å². The van der Waals surface area contributed by atoms with Gasteiger partial charge in [0.2, 0.25) is 0 Å². The third-order valence-electron chi connectivity index (χ3n) is 2.86. The zero-order valence-electron chi connectivity index (χ0n) is 10.0. The van der Waals surface area contributed by atoms with Crippen molar-refractivity contribution in [2.24, 2.45) is 0 Å². The Labute approximate surface area is 114 Å². The van der Waals surface area contributed by atoms with Crippen molar-refractivity contribution in [3.63, 3.8) is 0 Å². The molecule has 102 valence electrons. The number of halogens is 2. The molecule has 1 aliphatic heterocycles. The second-order valence-electron chi connectivity index (χ2n) is 4.21. The first-order valence-corrected chi connectivity index (χ1v) is 8.23. The van der Waals surface area contributed by atoms with Crippen LogP contribution in [0.15, 0.2) is 16.5 Å². The van der Waals surface area contributed by atoms with Crippen molar-refractivity contribution in [2.75, 3.05) is 11.5 Å². The summed E-state index contributed by atoms with van der Waals surface area (Å²) in [5, 5.41) is 3.45. The summed E-state index contributed by atoms with van der Waals surface area (Å²) >= 11 is 2.59. The molecule has 6 heteroatoms. The van der Waals surface area contributed by atoms with Crippen LogP contribution in [0.5, 0.6) is 0 Å². The molecule has 2 heterocycles. The normalized spacial score (nSPS) is 17.5. The molecule has 0 aromatic carbocycles. The smallest absolute Gasteiger partial charge is 0.284 e. The van der Waals surface area contributed by atoms with E-state index in [0.717, 1.165) is 5.76 Å². The summed E-state index contributed by atoms with van der Waals surface area (Å²) in [6, 6.07) is 4.21. The first kappa shape index (κ1) is 14.2. The standard InChI is InChI=1S/C12H17F2NOS2/c13-12(14)18-8-11-2-1-10(16-11)7-15-9-3-5-17-6-4-9/h1-2,9,12,15H,3-8H2. The van der Waals surface area contributed by atoms with Crippen LogP contribution in [-0.2, 0) is 12.3 Å². The second-order valence-corrected chi connectivity index (χ2v) is 6.41. The van der Waals surface area contributed by atoms with Gasteiger partial charge in [-0.2, -0.15) is 20.5 Å². The number of furan rings is 1. The van der Waals surface area contributed by atoms with Gasteiger partial charge in [-0.25, -0.2) is 0 Å². The highest BCUT2D eigenvalue weighted by atomic mass is 32.2. The SMILES string of the molecule is FC(F)SCc1ccc(CNC2CCSCC2)o1. The molecule has 1 N–H and O–H groups in total. The van der Waals surface area contributed by atoms with Gasteiger partial charge in [-0.1, -0.05) is 11.8 Å². The molecule has 1 saturated heterocycles. The van der Waals surface area contributed by atoms with Crippen LogP contribution in [0.3, 0.4) is 0 Å². The van der Waals surface area contributed by atoms with Gasteiger partial charge in [0.25, 0.3) is 5.76 Å². The molecule has 18 heavy (non-hydrogen) atoms. The fourth-order valence-corrected chi connectivity index (χ4v) is 3.44. The fraction of sp³-hybridized carbons (Fsp3) is 0.667. The molecule has 0 radical (unpaired) electrons. The Bertz CT molecular complexity index is 354. The summed E-state index contributed by atoms with van der Waals surface area (Å²) in [6.45, 7) is 0.689. The highest BCUT2D eigenvalue weighted by molar-refractivity contribution is 7.99. The maximum Gasteiger partial charge on any atom is 0.284 e. The number of nitrogens with one attached hydrogen (secondary N) is 1. The number of thioether (sulfide) groups is 2. The molecule has 0 atom stereocenters. The Balaban J connectivity index is 1.72. The van der Waals surface area contributed by atoms with Gasteiger partial charge < -0.3 is 9.73 Å². The molecule has 0 saturated carbocycles.